The van der Waals surface area contributed by atoms with Crippen molar-refractivity contribution in [2.45, 2.75) is 83.7 Å². The number of aromatic hydroxyl groups is 1. The number of para-hydroxylation sites is 1. The Labute approximate surface area is 367 Å². The number of halogens is 1. The summed E-state index contributed by atoms with van der Waals surface area (Å²) in [5.41, 5.74) is 24.5. The number of likely N-dealkylation sites (tertiary alicyclic amines) is 2. The van der Waals surface area contributed by atoms with Crippen molar-refractivity contribution < 1.29 is 28.6 Å². The normalized spacial score (nSPS) is 21.5. The molecule has 2 atom stereocenters. The van der Waals surface area contributed by atoms with Crippen LogP contribution in [0.2, 0.25) is 0 Å². The Balaban J connectivity index is 0.866. The molecule has 4 fully saturated rings. The molecule has 2 unspecified atom stereocenters. The number of hydrogen-bond donors (Lipinski definition) is 5. The van der Waals surface area contributed by atoms with Gasteiger partial charge >= 0.3 is 6.03 Å². The van der Waals surface area contributed by atoms with E-state index in [0.29, 0.717) is 67.5 Å². The number of imide groups is 1. The van der Waals surface area contributed by atoms with Gasteiger partial charge in [-0.3, -0.25) is 19.8 Å². The van der Waals surface area contributed by atoms with Gasteiger partial charge in [0.25, 0.3) is 5.91 Å². The summed E-state index contributed by atoms with van der Waals surface area (Å²) in [5, 5.41) is 13.7. The number of ether oxygens (including phenoxy) is 1. The van der Waals surface area contributed by atoms with Crippen LogP contribution in [0.5, 0.6) is 5.75 Å². The van der Waals surface area contributed by atoms with E-state index in [2.05, 4.69) is 21.0 Å². The molecule has 334 valence electrons. The van der Waals surface area contributed by atoms with Crippen LogP contribution < -0.4 is 27.4 Å². The molecule has 8 rings (SSSR count). The number of morpholine rings is 1. The average molecular weight is 863 g/mol. The predicted molar refractivity (Wildman–Crippen MR) is 240 cm³/mol. The molecule has 15 nitrogen and oxygen atoms in total. The van der Waals surface area contributed by atoms with Gasteiger partial charge in [-0.1, -0.05) is 24.3 Å². The number of aromatic nitrogens is 2. The van der Waals surface area contributed by atoms with Gasteiger partial charge in [-0.05, 0) is 87.1 Å². The molecule has 0 saturated carbocycles. The number of anilines is 1. The van der Waals surface area contributed by atoms with Crippen LogP contribution in [-0.2, 0) is 9.53 Å². The molecule has 0 bridgehead atoms. The molecule has 0 spiro atoms. The zero-order valence-electron chi connectivity index (χ0n) is 36.6. The summed E-state index contributed by atoms with van der Waals surface area (Å²) in [6.07, 6.45) is 7.47. The maximum Gasteiger partial charge on any atom is 0.328 e. The molecule has 4 aliphatic rings. The Bertz CT molecular complexity index is 2460. The van der Waals surface area contributed by atoms with E-state index >= 15 is 4.39 Å². The maximum absolute atomic E-state index is 16.5. The van der Waals surface area contributed by atoms with Gasteiger partial charge in [-0.25, -0.2) is 14.2 Å². The molecule has 16 heteroatoms. The number of carbonyl (C=O) groups is 3. The number of nitrogens with one attached hydrogen (secondary N) is 1. The fraction of sp³-hybridized carbons (Fsp3) is 0.447. The fourth-order valence-corrected chi connectivity index (χ4v) is 9.85. The highest BCUT2D eigenvalue weighted by Gasteiger charge is 2.39. The predicted octanol–water partition coefficient (Wildman–Crippen LogP) is 5.24. The highest BCUT2D eigenvalue weighted by Crippen LogP contribution is 2.36. The summed E-state index contributed by atoms with van der Waals surface area (Å²) >= 11 is 0. The molecule has 0 radical (unpaired) electrons. The van der Waals surface area contributed by atoms with Crippen LogP contribution in [0.4, 0.5) is 14.9 Å². The molecule has 8 N–H and O–H groups in total. The van der Waals surface area contributed by atoms with Crippen LogP contribution in [0.25, 0.3) is 16.7 Å². The largest absolute Gasteiger partial charge is 0.507 e. The van der Waals surface area contributed by atoms with Crippen molar-refractivity contribution >= 4 is 40.3 Å². The molecule has 63 heavy (non-hydrogen) atoms. The lowest BCUT2D eigenvalue weighted by Crippen LogP contribution is -2.51. The summed E-state index contributed by atoms with van der Waals surface area (Å²) in [4.78, 5) is 50.5. The number of nitrogens with two attached hydrogens (primary N) is 3. The van der Waals surface area contributed by atoms with Gasteiger partial charge in [0.2, 0.25) is 5.91 Å². The Kier molecular flexibility index (Phi) is 12.1. The van der Waals surface area contributed by atoms with E-state index in [-0.39, 0.29) is 60.9 Å². The van der Waals surface area contributed by atoms with Gasteiger partial charge in [0.05, 0.1) is 23.7 Å². The average Bonchev–Trinajstić information content (AvgIpc) is 3.57. The first-order valence-corrected chi connectivity index (χ1v) is 21.9. The summed E-state index contributed by atoms with van der Waals surface area (Å²) in [7, 11) is 0. The van der Waals surface area contributed by atoms with Crippen molar-refractivity contribution in [2.24, 2.45) is 17.2 Å². The lowest BCUT2D eigenvalue weighted by atomic mass is 9.90. The first kappa shape index (κ1) is 43.5. The number of fused-ring (bicyclic) bond motifs is 1. The number of allylic oxidation sites excluding steroid dienone is 1. The first-order chi connectivity index (χ1) is 30.1. The van der Waals surface area contributed by atoms with Gasteiger partial charge in [0.1, 0.15) is 29.0 Å². The van der Waals surface area contributed by atoms with Crippen molar-refractivity contribution in [1.82, 2.24) is 29.6 Å². The SMILES string of the molecule is Cc1cc(C2CN(C(/C=C(\N)c3ccccc3O)=C(N)N)CC(C)O2)cc(C)c1C(=O)N1CCC(F)(CN2CCC(n3cc(C)c4cc(N5CCC(=O)NC5=O)cnc43)CC2)CC1. The van der Waals surface area contributed by atoms with Gasteiger partial charge < -0.3 is 46.3 Å². The number of alkyl halides is 1. The van der Waals surface area contributed by atoms with Crippen LogP contribution in [0.1, 0.15) is 89.3 Å². The Morgan fingerprint density at radius 3 is 2.33 bits per heavy atom. The Morgan fingerprint density at radius 1 is 0.968 bits per heavy atom. The summed E-state index contributed by atoms with van der Waals surface area (Å²) in [6.45, 7) is 11.7. The molecule has 4 aromatic rings. The van der Waals surface area contributed by atoms with E-state index in [1.54, 1.807) is 46.3 Å². The molecule has 4 amide bonds. The minimum Gasteiger partial charge on any atom is -0.507 e. The minimum atomic E-state index is -1.39. The van der Waals surface area contributed by atoms with E-state index < -0.39 is 11.7 Å². The van der Waals surface area contributed by atoms with E-state index in [1.807, 2.05) is 50.8 Å². The van der Waals surface area contributed by atoms with Crippen molar-refractivity contribution in [1.29, 1.82) is 0 Å². The number of aryl methyl sites for hydroxylation is 3. The van der Waals surface area contributed by atoms with Gasteiger partial charge in [-0.15, -0.1) is 0 Å². The molecule has 4 saturated heterocycles. The molecule has 2 aromatic carbocycles. The number of phenols is 1. The molecule has 6 heterocycles. The lowest BCUT2D eigenvalue weighted by molar-refractivity contribution is -0.120. The second-order valence-electron chi connectivity index (χ2n) is 17.8. The number of pyridine rings is 1. The van der Waals surface area contributed by atoms with E-state index in [0.717, 1.165) is 59.2 Å². The van der Waals surface area contributed by atoms with E-state index in [9.17, 15) is 19.5 Å². The second-order valence-corrected chi connectivity index (χ2v) is 17.8. The number of piperidine rings is 2. The van der Waals surface area contributed by atoms with Gasteiger partial charge in [0.15, 0.2) is 0 Å². The monoisotopic (exact) mass is 862 g/mol. The van der Waals surface area contributed by atoms with Crippen LogP contribution in [0.3, 0.4) is 0 Å². The van der Waals surface area contributed by atoms with Crippen molar-refractivity contribution in [3.05, 3.63) is 106 Å². The van der Waals surface area contributed by atoms with E-state index in [4.69, 9.17) is 26.9 Å². The molecule has 0 aliphatic carbocycles. The van der Waals surface area contributed by atoms with Crippen LogP contribution >= 0.6 is 0 Å². The smallest absolute Gasteiger partial charge is 0.328 e. The summed E-state index contributed by atoms with van der Waals surface area (Å²) in [6, 6.07) is 12.6. The number of benzene rings is 2. The topological polar surface area (TPSA) is 202 Å². The van der Waals surface area contributed by atoms with Crippen molar-refractivity contribution in [3.8, 4) is 5.75 Å². The quantitative estimate of drug-likeness (QED) is 0.138. The number of nitrogens with zero attached hydrogens (tertiary/aromatic N) is 6. The number of hydrogen-bond acceptors (Lipinski definition) is 11. The third-order valence-electron chi connectivity index (χ3n) is 13.2. The second kappa shape index (κ2) is 17.6. The third kappa shape index (κ3) is 9.05. The minimum absolute atomic E-state index is 0.0538. The maximum atomic E-state index is 16.5. The highest BCUT2D eigenvalue weighted by molar-refractivity contribution is 6.06. The number of carbonyl (C=O) groups excluding carboxylic acids is 3. The van der Waals surface area contributed by atoms with Crippen LogP contribution in [0, 0.1) is 20.8 Å². The van der Waals surface area contributed by atoms with Gasteiger partial charge in [0, 0.05) is 106 Å². The highest BCUT2D eigenvalue weighted by atomic mass is 19.1. The standard InChI is InChI=1S/C47H59FN10O5/c1-28-19-32(40-26-56(25-31(4)63-40)38(43(50)51)22-37(49)35-7-5-6-8-39(35)59)20-29(2)42(28)45(61)55-17-12-47(48,13-18-55)27-54-14-9-33(10-15-54)58-24-30(3)36-21-34(23-52-44(36)58)57-16-11-41(60)53-46(57)62/h5-8,19-24,31,33,40,59H,9-18,25-27,49-51H2,1-4H3,(H,53,60,62)/b37-22-. The lowest BCUT2D eigenvalue weighted by Gasteiger charge is -2.41. The van der Waals surface area contributed by atoms with Crippen LogP contribution in [0.15, 0.2) is 72.5 Å². The molecular formula is C47H59FN10O5. The number of amides is 4. The molecule has 2 aromatic heterocycles. The summed E-state index contributed by atoms with van der Waals surface area (Å²) < 4.78 is 25.2. The zero-order valence-corrected chi connectivity index (χ0v) is 36.6. The third-order valence-corrected chi connectivity index (χ3v) is 13.2. The summed E-state index contributed by atoms with van der Waals surface area (Å²) in [5.74, 6) is -0.214. The molecular weight excluding hydrogens is 804 g/mol. The zero-order chi connectivity index (χ0) is 44.7. The van der Waals surface area contributed by atoms with E-state index in [1.165, 1.54) is 0 Å². The fourth-order valence-electron chi connectivity index (χ4n) is 9.85. The first-order valence-electron chi connectivity index (χ1n) is 21.9. The van der Waals surface area contributed by atoms with Crippen molar-refractivity contribution in [3.63, 3.8) is 0 Å². The number of phenolic OH excluding ortho intramolecular Hbond substituents is 1. The molecule has 4 aliphatic heterocycles. The number of urea groups is 1. The van der Waals surface area contributed by atoms with Crippen LogP contribution in [-0.4, -0.2) is 111 Å². The Morgan fingerprint density at radius 2 is 1.67 bits per heavy atom. The Hall–Kier alpha value is -6.13. The number of rotatable bonds is 9. The van der Waals surface area contributed by atoms with Crippen molar-refractivity contribution in [2.75, 3.05) is 57.3 Å². The van der Waals surface area contributed by atoms with Gasteiger partial charge in [-0.2, -0.15) is 0 Å².